The molecule has 2 atom stereocenters. The van der Waals surface area contributed by atoms with Gasteiger partial charge in [0.15, 0.2) is 12.1 Å². The van der Waals surface area contributed by atoms with Crippen LogP contribution in [-0.4, -0.2) is 80.6 Å². The fourth-order valence-corrected chi connectivity index (χ4v) is 6.27. The zero-order valence-electron chi connectivity index (χ0n) is 32.9. The van der Waals surface area contributed by atoms with E-state index < -0.39 is 18.1 Å². The van der Waals surface area contributed by atoms with Crippen LogP contribution in [0.5, 0.6) is 0 Å². The molecule has 0 heterocycles. The van der Waals surface area contributed by atoms with Crippen molar-refractivity contribution < 1.29 is 38.2 Å². The van der Waals surface area contributed by atoms with Crippen LogP contribution in [0.2, 0.25) is 0 Å². The summed E-state index contributed by atoms with van der Waals surface area (Å²) in [7, 11) is 5.52. The Morgan fingerprint density at radius 2 is 0.898 bits per heavy atom. The van der Waals surface area contributed by atoms with E-state index >= 15 is 0 Å². The van der Waals surface area contributed by atoms with Gasteiger partial charge >= 0.3 is 17.9 Å². The fourth-order valence-electron chi connectivity index (χ4n) is 6.27. The van der Waals surface area contributed by atoms with Crippen molar-refractivity contribution in [2.75, 3.05) is 41.0 Å². The first kappa shape index (κ1) is 47.3. The number of hydrogen-bond donors (Lipinski definition) is 1. The first-order valence-electron chi connectivity index (χ1n) is 20.6. The number of carboxylic acids is 1. The lowest BCUT2D eigenvalue weighted by Gasteiger charge is -2.31. The minimum atomic E-state index is -0.873. The van der Waals surface area contributed by atoms with Crippen LogP contribution in [0.15, 0.2) is 0 Å². The lowest BCUT2D eigenvalue weighted by Crippen LogP contribution is -2.50. The topological polar surface area (TPSA) is 99.1 Å². The van der Waals surface area contributed by atoms with Crippen LogP contribution in [0.4, 0.5) is 0 Å². The standard InChI is InChI=1S/C41H79NO7/c1-6-8-10-12-13-14-15-16-17-18-19-20-21-22-23-24-25-26-28-30-32-40(44)49-37(36-48-39(43)31-29-27-11-9-7-2)35-47-34-33-38(41(45)46)42(3,4)5/h37-38H,6-36H2,1-5H3/p+1. The van der Waals surface area contributed by atoms with Gasteiger partial charge < -0.3 is 23.8 Å². The van der Waals surface area contributed by atoms with Crippen LogP contribution < -0.4 is 0 Å². The van der Waals surface area contributed by atoms with E-state index in [9.17, 15) is 19.5 Å². The van der Waals surface area contributed by atoms with Crippen molar-refractivity contribution >= 4 is 17.9 Å². The summed E-state index contributed by atoms with van der Waals surface area (Å²) in [5, 5.41) is 9.56. The lowest BCUT2D eigenvalue weighted by atomic mass is 10.0. The minimum Gasteiger partial charge on any atom is -0.477 e. The van der Waals surface area contributed by atoms with E-state index in [1.165, 1.54) is 116 Å². The van der Waals surface area contributed by atoms with Gasteiger partial charge in [0.2, 0.25) is 0 Å². The van der Waals surface area contributed by atoms with Gasteiger partial charge in [-0.3, -0.25) is 9.59 Å². The number of carbonyl (C=O) groups excluding carboxylic acids is 2. The molecule has 0 aromatic rings. The molecule has 0 aromatic carbocycles. The molecular weight excluding hydrogens is 618 g/mol. The van der Waals surface area contributed by atoms with Gasteiger partial charge in [-0.1, -0.05) is 162 Å². The average molecular weight is 699 g/mol. The van der Waals surface area contributed by atoms with Crippen molar-refractivity contribution in [2.45, 2.75) is 206 Å². The highest BCUT2D eigenvalue weighted by molar-refractivity contribution is 5.72. The highest BCUT2D eigenvalue weighted by Crippen LogP contribution is 2.16. The Balaban J connectivity index is 4.11. The molecule has 0 fully saturated rings. The molecular formula is C41H80NO7+. The van der Waals surface area contributed by atoms with Crippen molar-refractivity contribution in [1.82, 2.24) is 0 Å². The number of carbonyl (C=O) groups is 3. The van der Waals surface area contributed by atoms with Crippen molar-refractivity contribution in [3.05, 3.63) is 0 Å². The highest BCUT2D eigenvalue weighted by atomic mass is 16.6. The Morgan fingerprint density at radius 1 is 0.531 bits per heavy atom. The van der Waals surface area contributed by atoms with E-state index in [2.05, 4.69) is 13.8 Å². The third-order valence-corrected chi connectivity index (χ3v) is 9.51. The second-order valence-corrected chi connectivity index (χ2v) is 15.3. The number of ether oxygens (including phenoxy) is 3. The van der Waals surface area contributed by atoms with Crippen LogP contribution in [0, 0.1) is 0 Å². The zero-order valence-corrected chi connectivity index (χ0v) is 32.9. The van der Waals surface area contributed by atoms with Gasteiger partial charge in [0.25, 0.3) is 0 Å². The number of rotatable bonds is 37. The summed E-state index contributed by atoms with van der Waals surface area (Å²) in [6.07, 6.45) is 31.8. The van der Waals surface area contributed by atoms with Crippen LogP contribution in [0.1, 0.15) is 194 Å². The van der Waals surface area contributed by atoms with E-state index in [1.807, 2.05) is 21.1 Å². The Labute approximate surface area is 302 Å². The van der Waals surface area contributed by atoms with Crippen LogP contribution in [0.3, 0.4) is 0 Å². The van der Waals surface area contributed by atoms with Gasteiger partial charge in [-0.2, -0.15) is 0 Å². The largest absolute Gasteiger partial charge is 0.477 e. The molecule has 8 heteroatoms. The van der Waals surface area contributed by atoms with Gasteiger partial charge in [-0.05, 0) is 12.8 Å². The summed E-state index contributed by atoms with van der Waals surface area (Å²) in [6.45, 7) is 4.67. The Morgan fingerprint density at radius 3 is 1.27 bits per heavy atom. The van der Waals surface area contributed by atoms with Crippen molar-refractivity contribution in [3.63, 3.8) is 0 Å². The van der Waals surface area contributed by atoms with Crippen molar-refractivity contribution in [2.24, 2.45) is 0 Å². The summed E-state index contributed by atoms with van der Waals surface area (Å²) in [6, 6.07) is -0.606. The van der Waals surface area contributed by atoms with Gasteiger partial charge in [0.1, 0.15) is 6.61 Å². The molecule has 0 aliphatic heterocycles. The number of unbranched alkanes of at least 4 members (excludes halogenated alkanes) is 23. The van der Waals surface area contributed by atoms with Crippen molar-refractivity contribution in [3.8, 4) is 0 Å². The molecule has 1 N–H and O–H groups in total. The second-order valence-electron chi connectivity index (χ2n) is 15.3. The number of likely N-dealkylation sites (N-methyl/N-ethyl adjacent to an activating group) is 1. The van der Waals surface area contributed by atoms with E-state index in [-0.39, 0.29) is 36.2 Å². The molecule has 0 amide bonds. The molecule has 49 heavy (non-hydrogen) atoms. The maximum Gasteiger partial charge on any atom is 0.362 e. The van der Waals surface area contributed by atoms with Gasteiger partial charge in [-0.25, -0.2) is 4.79 Å². The molecule has 0 aliphatic rings. The Hall–Kier alpha value is -1.67. The number of nitrogens with zero attached hydrogens (tertiary/aromatic N) is 1. The number of hydrogen-bond acceptors (Lipinski definition) is 6. The van der Waals surface area contributed by atoms with Gasteiger partial charge in [0, 0.05) is 19.3 Å². The summed E-state index contributed by atoms with van der Waals surface area (Å²) in [5.74, 6) is -1.47. The van der Waals surface area contributed by atoms with E-state index in [0.29, 0.717) is 19.3 Å². The predicted octanol–water partition coefficient (Wildman–Crippen LogP) is 10.6. The predicted molar refractivity (Wildman–Crippen MR) is 202 cm³/mol. The quantitative estimate of drug-likeness (QED) is 0.0392. The molecule has 0 rings (SSSR count). The highest BCUT2D eigenvalue weighted by Gasteiger charge is 2.31. The molecule has 0 saturated carbocycles. The van der Waals surface area contributed by atoms with E-state index in [4.69, 9.17) is 14.2 Å². The van der Waals surface area contributed by atoms with Crippen LogP contribution in [-0.2, 0) is 28.6 Å². The molecule has 0 radical (unpaired) electrons. The molecule has 0 aliphatic carbocycles. The zero-order chi connectivity index (χ0) is 36.4. The minimum absolute atomic E-state index is 0.0452. The number of aliphatic carboxylic acids is 1. The molecule has 0 spiro atoms. The summed E-state index contributed by atoms with van der Waals surface area (Å²) in [5.41, 5.74) is 0. The van der Waals surface area contributed by atoms with E-state index in [1.54, 1.807) is 0 Å². The first-order chi connectivity index (χ1) is 23.6. The van der Waals surface area contributed by atoms with Crippen LogP contribution >= 0.6 is 0 Å². The van der Waals surface area contributed by atoms with Crippen molar-refractivity contribution in [1.29, 1.82) is 0 Å². The maximum absolute atomic E-state index is 12.6. The van der Waals surface area contributed by atoms with Crippen LogP contribution in [0.25, 0.3) is 0 Å². The SMILES string of the molecule is CCCCCCCCCCCCCCCCCCCCCCC(=O)OC(COCCC(C(=O)O)[N+](C)(C)C)COC(=O)CCCCCCC. The lowest BCUT2D eigenvalue weighted by molar-refractivity contribution is -0.887. The van der Waals surface area contributed by atoms with Gasteiger partial charge in [0.05, 0.1) is 34.4 Å². The number of carboxylic acid groups (broad SMARTS) is 1. The summed E-state index contributed by atoms with van der Waals surface area (Å²) < 4.78 is 17.1. The number of esters is 2. The van der Waals surface area contributed by atoms with E-state index in [0.717, 1.165) is 44.9 Å². The maximum atomic E-state index is 12.6. The molecule has 0 aromatic heterocycles. The first-order valence-corrected chi connectivity index (χ1v) is 20.6. The summed E-state index contributed by atoms with van der Waals surface area (Å²) >= 11 is 0. The smallest absolute Gasteiger partial charge is 0.362 e. The molecule has 0 saturated heterocycles. The average Bonchev–Trinajstić information content (AvgIpc) is 3.05. The third kappa shape index (κ3) is 32.0. The molecule has 8 nitrogen and oxygen atoms in total. The number of quaternary nitrogens is 1. The fraction of sp³-hybridized carbons (Fsp3) is 0.927. The molecule has 0 bridgehead atoms. The Bertz CT molecular complexity index is 782. The third-order valence-electron chi connectivity index (χ3n) is 9.51. The molecule has 290 valence electrons. The van der Waals surface area contributed by atoms with Gasteiger partial charge in [-0.15, -0.1) is 0 Å². The molecule has 2 unspecified atom stereocenters. The normalized spacial score (nSPS) is 12.9. The Kier molecular flexibility index (Phi) is 32.3. The monoisotopic (exact) mass is 699 g/mol. The second kappa shape index (κ2) is 33.5. The summed E-state index contributed by atoms with van der Waals surface area (Å²) in [4.78, 5) is 36.5.